The number of likely N-dealkylation sites (tertiary alicyclic amines) is 1. The molecule has 0 spiro atoms. The van der Waals surface area contributed by atoms with Crippen molar-refractivity contribution in [3.8, 4) is 5.88 Å². The zero-order valence-electron chi connectivity index (χ0n) is 11.5. The first-order valence-electron chi connectivity index (χ1n) is 6.65. The van der Waals surface area contributed by atoms with Crippen LogP contribution in [0.15, 0.2) is 12.3 Å². The smallest absolute Gasteiger partial charge is 0.407 e. The van der Waals surface area contributed by atoms with Gasteiger partial charge >= 0.3 is 6.09 Å². The zero-order chi connectivity index (χ0) is 14.3. The summed E-state index contributed by atoms with van der Waals surface area (Å²) < 4.78 is 5.28. The number of methoxy groups -OCH3 is 1. The second-order valence-electron chi connectivity index (χ2n) is 5.38. The molecule has 1 fully saturated rings. The van der Waals surface area contributed by atoms with Crippen LogP contribution in [0, 0.1) is 18.8 Å². The van der Waals surface area contributed by atoms with Crippen molar-refractivity contribution in [2.75, 3.05) is 20.2 Å². The molecule has 6 heteroatoms. The molecule has 3 rings (SSSR count). The van der Waals surface area contributed by atoms with Crippen molar-refractivity contribution in [1.29, 1.82) is 0 Å². The average molecular weight is 275 g/mol. The normalized spacial score (nSPS) is 24.5. The molecule has 0 radical (unpaired) electrons. The summed E-state index contributed by atoms with van der Waals surface area (Å²) in [5, 5.41) is 9.03. The SMILES string of the molecule is COc1ncc(C)nc1C1=CC2CN(C(=O)O)CC2C1. The standard InChI is InChI=1S/C14H17N3O3/c1-8-5-15-13(20-2)12(16-8)9-3-10-6-17(14(18)19)7-11(10)4-9/h3,5,10-11H,4,6-7H2,1-2H3,(H,18,19). The van der Waals surface area contributed by atoms with E-state index in [1.54, 1.807) is 13.3 Å². The maximum absolute atomic E-state index is 11.0. The number of carbonyl (C=O) groups is 1. The van der Waals surface area contributed by atoms with Crippen molar-refractivity contribution in [3.05, 3.63) is 23.7 Å². The van der Waals surface area contributed by atoms with E-state index in [0.717, 1.165) is 23.4 Å². The molecule has 20 heavy (non-hydrogen) atoms. The van der Waals surface area contributed by atoms with Gasteiger partial charge in [-0.15, -0.1) is 0 Å². The van der Waals surface area contributed by atoms with Gasteiger partial charge in [0.2, 0.25) is 5.88 Å². The number of aromatic nitrogens is 2. The summed E-state index contributed by atoms with van der Waals surface area (Å²) in [6, 6.07) is 0. The summed E-state index contributed by atoms with van der Waals surface area (Å²) in [6.45, 7) is 3.07. The molecule has 0 saturated carbocycles. The van der Waals surface area contributed by atoms with E-state index in [4.69, 9.17) is 9.84 Å². The minimum Gasteiger partial charge on any atom is -0.479 e. The number of carboxylic acid groups (broad SMARTS) is 1. The molecular weight excluding hydrogens is 258 g/mol. The quantitative estimate of drug-likeness (QED) is 0.890. The molecule has 1 aliphatic heterocycles. The first-order chi connectivity index (χ1) is 9.58. The lowest BCUT2D eigenvalue weighted by Gasteiger charge is -2.13. The van der Waals surface area contributed by atoms with Crippen molar-refractivity contribution < 1.29 is 14.6 Å². The topological polar surface area (TPSA) is 75.6 Å². The van der Waals surface area contributed by atoms with Crippen LogP contribution < -0.4 is 4.74 Å². The molecule has 0 bridgehead atoms. The van der Waals surface area contributed by atoms with Gasteiger partial charge in [-0.1, -0.05) is 6.08 Å². The van der Waals surface area contributed by atoms with Crippen molar-refractivity contribution in [3.63, 3.8) is 0 Å². The van der Waals surface area contributed by atoms with E-state index in [1.807, 2.05) is 6.92 Å². The van der Waals surface area contributed by atoms with E-state index in [2.05, 4.69) is 16.0 Å². The summed E-state index contributed by atoms with van der Waals surface area (Å²) in [4.78, 5) is 21.3. The van der Waals surface area contributed by atoms with E-state index in [1.165, 1.54) is 4.90 Å². The first kappa shape index (κ1) is 12.9. The highest BCUT2D eigenvalue weighted by Crippen LogP contribution is 2.42. The van der Waals surface area contributed by atoms with Crippen molar-refractivity contribution in [2.45, 2.75) is 13.3 Å². The molecule has 6 nitrogen and oxygen atoms in total. The molecule has 2 unspecified atom stereocenters. The largest absolute Gasteiger partial charge is 0.479 e. The third-order valence-electron chi connectivity index (χ3n) is 4.02. The lowest BCUT2D eigenvalue weighted by Crippen LogP contribution is -2.27. The maximum Gasteiger partial charge on any atom is 0.407 e. The van der Waals surface area contributed by atoms with Crippen LogP contribution in [0.1, 0.15) is 17.8 Å². The Morgan fingerprint density at radius 2 is 2.30 bits per heavy atom. The maximum atomic E-state index is 11.0. The van der Waals surface area contributed by atoms with Gasteiger partial charge in [-0.05, 0) is 24.8 Å². The Kier molecular flexibility index (Phi) is 3.08. The Labute approximate surface area is 117 Å². The van der Waals surface area contributed by atoms with Crippen LogP contribution in [0.4, 0.5) is 4.79 Å². The van der Waals surface area contributed by atoms with Crippen LogP contribution >= 0.6 is 0 Å². The highest BCUT2D eigenvalue weighted by Gasteiger charge is 2.39. The molecule has 2 atom stereocenters. The molecule has 1 aliphatic carbocycles. The molecular formula is C14H17N3O3. The van der Waals surface area contributed by atoms with E-state index >= 15 is 0 Å². The summed E-state index contributed by atoms with van der Waals surface area (Å²) in [5.41, 5.74) is 2.77. The molecule has 1 aromatic heterocycles. The summed E-state index contributed by atoms with van der Waals surface area (Å²) >= 11 is 0. The van der Waals surface area contributed by atoms with Gasteiger partial charge in [0.1, 0.15) is 5.69 Å². The second-order valence-corrected chi connectivity index (χ2v) is 5.38. The number of aryl methyl sites for hydroxylation is 1. The second kappa shape index (κ2) is 4.77. The van der Waals surface area contributed by atoms with Crippen molar-refractivity contribution in [2.24, 2.45) is 11.8 Å². The van der Waals surface area contributed by atoms with Gasteiger partial charge < -0.3 is 14.7 Å². The lowest BCUT2D eigenvalue weighted by molar-refractivity contribution is 0.153. The number of hydrogen-bond acceptors (Lipinski definition) is 4. The van der Waals surface area contributed by atoms with E-state index in [9.17, 15) is 4.79 Å². The molecule has 1 aromatic rings. The van der Waals surface area contributed by atoms with Gasteiger partial charge in [-0.3, -0.25) is 0 Å². The Balaban J connectivity index is 1.86. The fraction of sp³-hybridized carbons (Fsp3) is 0.500. The number of ether oxygens (including phenoxy) is 1. The zero-order valence-corrected chi connectivity index (χ0v) is 11.5. The van der Waals surface area contributed by atoms with Crippen LogP contribution in [0.5, 0.6) is 5.88 Å². The van der Waals surface area contributed by atoms with Gasteiger partial charge in [0, 0.05) is 19.0 Å². The molecule has 1 N–H and O–H groups in total. The number of amides is 1. The minimum absolute atomic E-state index is 0.285. The Morgan fingerprint density at radius 1 is 1.50 bits per heavy atom. The van der Waals surface area contributed by atoms with Gasteiger partial charge in [-0.2, -0.15) is 0 Å². The number of fused-ring (bicyclic) bond motifs is 1. The van der Waals surface area contributed by atoms with E-state index < -0.39 is 6.09 Å². The van der Waals surface area contributed by atoms with Crippen LogP contribution in [-0.4, -0.2) is 46.3 Å². The Bertz CT molecular complexity index is 585. The Hall–Kier alpha value is -2.11. The molecule has 106 valence electrons. The fourth-order valence-corrected chi connectivity index (χ4v) is 3.07. The molecule has 2 aliphatic rings. The van der Waals surface area contributed by atoms with E-state index in [0.29, 0.717) is 24.9 Å². The Morgan fingerprint density at radius 3 is 2.95 bits per heavy atom. The molecule has 0 aromatic carbocycles. The highest BCUT2D eigenvalue weighted by atomic mass is 16.5. The number of rotatable bonds is 2. The average Bonchev–Trinajstić information content (AvgIpc) is 2.96. The summed E-state index contributed by atoms with van der Waals surface area (Å²) in [6.07, 6.45) is 3.83. The minimum atomic E-state index is -0.831. The predicted molar refractivity (Wildman–Crippen MR) is 72.5 cm³/mol. The van der Waals surface area contributed by atoms with E-state index in [-0.39, 0.29) is 5.92 Å². The first-order valence-corrected chi connectivity index (χ1v) is 6.65. The predicted octanol–water partition coefficient (Wildman–Crippen LogP) is 1.81. The van der Waals surface area contributed by atoms with Gasteiger partial charge in [0.05, 0.1) is 19.0 Å². The molecule has 1 amide bonds. The van der Waals surface area contributed by atoms with Crippen LogP contribution in [0.2, 0.25) is 0 Å². The van der Waals surface area contributed by atoms with Gasteiger partial charge in [-0.25, -0.2) is 14.8 Å². The van der Waals surface area contributed by atoms with Gasteiger partial charge in [0.15, 0.2) is 0 Å². The van der Waals surface area contributed by atoms with Crippen LogP contribution in [0.3, 0.4) is 0 Å². The third-order valence-corrected chi connectivity index (χ3v) is 4.02. The highest BCUT2D eigenvalue weighted by molar-refractivity contribution is 5.71. The fourth-order valence-electron chi connectivity index (χ4n) is 3.07. The third kappa shape index (κ3) is 2.11. The van der Waals surface area contributed by atoms with Crippen molar-refractivity contribution in [1.82, 2.24) is 14.9 Å². The summed E-state index contributed by atoms with van der Waals surface area (Å²) in [7, 11) is 1.59. The summed E-state index contributed by atoms with van der Waals surface area (Å²) in [5.74, 6) is 1.18. The lowest BCUT2D eigenvalue weighted by atomic mass is 9.99. The number of hydrogen-bond donors (Lipinski definition) is 1. The van der Waals surface area contributed by atoms with Gasteiger partial charge in [0.25, 0.3) is 0 Å². The van der Waals surface area contributed by atoms with Crippen molar-refractivity contribution >= 4 is 11.7 Å². The monoisotopic (exact) mass is 275 g/mol. The molecule has 1 saturated heterocycles. The van der Waals surface area contributed by atoms with Crippen LogP contribution in [-0.2, 0) is 0 Å². The number of nitrogens with zero attached hydrogens (tertiary/aromatic N) is 3. The number of allylic oxidation sites excluding steroid dienone is 1. The molecule has 2 heterocycles. The van der Waals surface area contributed by atoms with Crippen LogP contribution in [0.25, 0.3) is 5.57 Å².